The van der Waals surface area contributed by atoms with Gasteiger partial charge in [0.25, 0.3) is 0 Å². The van der Waals surface area contributed by atoms with E-state index in [0.29, 0.717) is 16.6 Å². The van der Waals surface area contributed by atoms with Crippen molar-refractivity contribution in [2.45, 2.75) is 20.4 Å². The Morgan fingerprint density at radius 2 is 2.20 bits per heavy atom. The van der Waals surface area contributed by atoms with E-state index in [9.17, 15) is 0 Å². The van der Waals surface area contributed by atoms with E-state index in [0.717, 1.165) is 17.1 Å². The molecule has 0 amide bonds. The van der Waals surface area contributed by atoms with Crippen molar-refractivity contribution in [3.05, 3.63) is 22.1 Å². The van der Waals surface area contributed by atoms with Crippen molar-refractivity contribution in [3.63, 3.8) is 0 Å². The van der Waals surface area contributed by atoms with Crippen molar-refractivity contribution in [3.8, 4) is 0 Å². The molecule has 15 heavy (non-hydrogen) atoms. The van der Waals surface area contributed by atoms with Gasteiger partial charge in [-0.3, -0.25) is 4.68 Å². The Balaban J connectivity index is 2.33. The second-order valence-electron chi connectivity index (χ2n) is 3.23. The number of nitrogens with zero attached hydrogens (tertiary/aromatic N) is 4. The average molecular weight is 244 g/mol. The molecule has 0 fully saturated rings. The minimum Gasteiger partial charge on any atom is -0.388 e. The van der Waals surface area contributed by atoms with Gasteiger partial charge in [0.2, 0.25) is 0 Å². The zero-order valence-corrected chi connectivity index (χ0v) is 9.93. The molecule has 0 unspecified atom stereocenters. The van der Waals surface area contributed by atoms with Gasteiger partial charge in [-0.15, -0.1) is 5.10 Å². The molecule has 0 bridgehead atoms. The van der Waals surface area contributed by atoms with Crippen molar-refractivity contribution in [2.75, 3.05) is 5.73 Å². The predicted octanol–water partition coefficient (Wildman–Crippen LogP) is 1.64. The molecule has 0 spiro atoms. The van der Waals surface area contributed by atoms with Gasteiger partial charge in [0.15, 0.2) is 0 Å². The lowest BCUT2D eigenvalue weighted by atomic mass is 10.4. The zero-order chi connectivity index (χ0) is 11.0. The van der Waals surface area contributed by atoms with Crippen LogP contribution in [0.15, 0.2) is 0 Å². The minimum absolute atomic E-state index is 0.516. The lowest BCUT2D eigenvalue weighted by Gasteiger charge is -2.01. The molecule has 2 aromatic heterocycles. The van der Waals surface area contributed by atoms with E-state index in [1.165, 1.54) is 11.5 Å². The number of aromatic nitrogens is 4. The fraction of sp³-hybridized carbons (Fsp3) is 0.375. The largest absolute Gasteiger partial charge is 0.388 e. The van der Waals surface area contributed by atoms with Crippen molar-refractivity contribution in [1.82, 2.24) is 19.4 Å². The van der Waals surface area contributed by atoms with Gasteiger partial charge < -0.3 is 5.73 Å². The van der Waals surface area contributed by atoms with E-state index < -0.39 is 0 Å². The summed E-state index contributed by atoms with van der Waals surface area (Å²) in [5.41, 5.74) is 8.17. The normalized spacial score (nSPS) is 10.9. The van der Waals surface area contributed by atoms with E-state index in [-0.39, 0.29) is 0 Å². The molecule has 2 N–H and O–H groups in total. The first-order valence-corrected chi connectivity index (χ1v) is 5.51. The highest BCUT2D eigenvalue weighted by atomic mass is 35.5. The smallest absolute Gasteiger partial charge is 0.132 e. The quantitative estimate of drug-likeness (QED) is 0.871. The lowest BCUT2D eigenvalue weighted by Crippen LogP contribution is -2.06. The van der Waals surface area contributed by atoms with Crippen LogP contribution < -0.4 is 5.73 Å². The van der Waals surface area contributed by atoms with Gasteiger partial charge in [-0.1, -0.05) is 16.1 Å². The van der Waals surface area contributed by atoms with E-state index in [1.54, 1.807) is 4.68 Å². The molecule has 2 heterocycles. The van der Waals surface area contributed by atoms with Crippen LogP contribution in [-0.2, 0) is 6.54 Å². The summed E-state index contributed by atoms with van der Waals surface area (Å²) in [6.07, 6.45) is 0. The summed E-state index contributed by atoms with van der Waals surface area (Å²) in [4.78, 5) is 0. The van der Waals surface area contributed by atoms with Crippen molar-refractivity contribution < 1.29 is 0 Å². The molecule has 0 saturated heterocycles. The van der Waals surface area contributed by atoms with Gasteiger partial charge in [0, 0.05) is 11.5 Å². The number of rotatable bonds is 2. The molecule has 0 saturated carbocycles. The number of anilines is 1. The van der Waals surface area contributed by atoms with E-state index in [1.807, 2.05) is 13.8 Å². The number of aryl methyl sites for hydroxylation is 1. The van der Waals surface area contributed by atoms with Gasteiger partial charge in [0.1, 0.15) is 10.7 Å². The molecule has 0 aliphatic heterocycles. The van der Waals surface area contributed by atoms with Crippen LogP contribution in [0.2, 0.25) is 5.02 Å². The van der Waals surface area contributed by atoms with Crippen LogP contribution in [0.25, 0.3) is 0 Å². The fourth-order valence-corrected chi connectivity index (χ4v) is 1.87. The molecule has 5 nitrogen and oxygen atoms in total. The molecule has 2 rings (SSSR count). The molecule has 0 radical (unpaired) electrons. The van der Waals surface area contributed by atoms with Crippen LogP contribution in [-0.4, -0.2) is 19.4 Å². The van der Waals surface area contributed by atoms with Gasteiger partial charge in [-0.2, -0.15) is 5.10 Å². The summed E-state index contributed by atoms with van der Waals surface area (Å²) in [5, 5.41) is 9.54. The maximum Gasteiger partial charge on any atom is 0.132 e. The Bertz CT molecular complexity index is 489. The summed E-state index contributed by atoms with van der Waals surface area (Å²) >= 11 is 7.21. The highest BCUT2D eigenvalue weighted by Gasteiger charge is 2.12. The number of halogens is 1. The summed E-state index contributed by atoms with van der Waals surface area (Å²) in [6.45, 7) is 4.30. The third kappa shape index (κ3) is 1.82. The van der Waals surface area contributed by atoms with Crippen LogP contribution in [0, 0.1) is 13.8 Å². The molecular weight excluding hydrogens is 234 g/mol. The summed E-state index contributed by atoms with van der Waals surface area (Å²) in [5.74, 6) is 0. The Morgan fingerprint density at radius 3 is 2.67 bits per heavy atom. The number of hydrogen-bond donors (Lipinski definition) is 1. The van der Waals surface area contributed by atoms with Crippen LogP contribution in [0.4, 0.5) is 5.00 Å². The molecule has 0 aromatic carbocycles. The minimum atomic E-state index is 0.516. The predicted molar refractivity (Wildman–Crippen MR) is 60.1 cm³/mol. The standard InChI is InChI=1S/C8H10ClN5S/c1-4-7(9)5(2)14(12-4)3-6-8(10)15-13-11-6/h3,10H2,1-2H3. The maximum atomic E-state index is 6.03. The Morgan fingerprint density at radius 1 is 1.47 bits per heavy atom. The molecular formula is C8H10ClN5S. The Hall–Kier alpha value is -1.14. The second kappa shape index (κ2) is 3.79. The van der Waals surface area contributed by atoms with Crippen LogP contribution in [0.1, 0.15) is 17.1 Å². The van der Waals surface area contributed by atoms with Gasteiger partial charge >= 0.3 is 0 Å². The third-order valence-electron chi connectivity index (χ3n) is 2.18. The second-order valence-corrected chi connectivity index (χ2v) is 4.39. The zero-order valence-electron chi connectivity index (χ0n) is 8.36. The topological polar surface area (TPSA) is 69.6 Å². The first-order valence-electron chi connectivity index (χ1n) is 4.35. The van der Waals surface area contributed by atoms with Gasteiger partial charge in [-0.25, -0.2) is 0 Å². The van der Waals surface area contributed by atoms with Crippen LogP contribution in [0.3, 0.4) is 0 Å². The molecule has 80 valence electrons. The van der Waals surface area contributed by atoms with Crippen LogP contribution >= 0.6 is 23.1 Å². The summed E-state index contributed by atoms with van der Waals surface area (Å²) < 4.78 is 5.55. The highest BCUT2D eigenvalue weighted by Crippen LogP contribution is 2.21. The summed E-state index contributed by atoms with van der Waals surface area (Å²) in [6, 6.07) is 0. The third-order valence-corrected chi connectivity index (χ3v) is 3.32. The molecule has 0 aliphatic carbocycles. The summed E-state index contributed by atoms with van der Waals surface area (Å²) in [7, 11) is 0. The molecule has 0 atom stereocenters. The number of nitrogens with two attached hydrogens (primary N) is 1. The highest BCUT2D eigenvalue weighted by molar-refractivity contribution is 7.09. The lowest BCUT2D eigenvalue weighted by molar-refractivity contribution is 0.646. The number of hydrogen-bond acceptors (Lipinski definition) is 5. The number of nitrogen functional groups attached to an aromatic ring is 1. The molecule has 2 aromatic rings. The fourth-order valence-electron chi connectivity index (χ4n) is 1.30. The van der Waals surface area contributed by atoms with E-state index >= 15 is 0 Å². The Kier molecular flexibility index (Phi) is 2.62. The van der Waals surface area contributed by atoms with Gasteiger partial charge in [-0.05, 0) is 13.8 Å². The average Bonchev–Trinajstić information content (AvgIpc) is 2.69. The van der Waals surface area contributed by atoms with Gasteiger partial charge in [0.05, 0.1) is 23.0 Å². The van der Waals surface area contributed by atoms with E-state index in [4.69, 9.17) is 17.3 Å². The maximum absolute atomic E-state index is 6.03. The Labute approximate surface area is 96.0 Å². The molecule has 0 aliphatic rings. The van der Waals surface area contributed by atoms with Crippen molar-refractivity contribution >= 4 is 28.1 Å². The first kappa shape index (κ1) is 10.4. The molecule has 7 heteroatoms. The van der Waals surface area contributed by atoms with Crippen molar-refractivity contribution in [1.29, 1.82) is 0 Å². The monoisotopic (exact) mass is 243 g/mol. The first-order chi connectivity index (χ1) is 7.09. The SMILES string of the molecule is Cc1nn(Cc2nnsc2N)c(C)c1Cl. The van der Waals surface area contributed by atoms with Crippen molar-refractivity contribution in [2.24, 2.45) is 0 Å². The van der Waals surface area contributed by atoms with Crippen LogP contribution in [0.5, 0.6) is 0 Å². The van der Waals surface area contributed by atoms with E-state index in [2.05, 4.69) is 14.7 Å².